The van der Waals surface area contributed by atoms with E-state index in [-0.39, 0.29) is 0 Å². The van der Waals surface area contributed by atoms with Crippen molar-refractivity contribution in [1.82, 2.24) is 0 Å². The number of benzene rings is 2. The van der Waals surface area contributed by atoms with Gasteiger partial charge in [0.15, 0.2) is 0 Å². The van der Waals surface area contributed by atoms with Gasteiger partial charge in [0.25, 0.3) is 0 Å². The van der Waals surface area contributed by atoms with Crippen LogP contribution in [0.2, 0.25) is 5.02 Å². The van der Waals surface area contributed by atoms with Gasteiger partial charge < -0.3 is 14.6 Å². The zero-order valence-corrected chi connectivity index (χ0v) is 12.2. The van der Waals surface area contributed by atoms with Crippen LogP contribution in [0.1, 0.15) is 17.2 Å². The molecule has 20 heavy (non-hydrogen) atoms. The summed E-state index contributed by atoms with van der Waals surface area (Å²) in [5.41, 5.74) is 1.58. The molecule has 1 atom stereocenters. The molecule has 0 aliphatic rings. The fraction of sp³-hybridized carbons (Fsp3) is 0.250. The van der Waals surface area contributed by atoms with E-state index >= 15 is 0 Å². The number of rotatable bonds is 5. The molecule has 0 aromatic heterocycles. The highest BCUT2D eigenvalue weighted by Gasteiger charge is 2.16. The summed E-state index contributed by atoms with van der Waals surface area (Å²) in [6, 6.07) is 12.8. The minimum atomic E-state index is -0.708. The van der Waals surface area contributed by atoms with E-state index in [1.54, 1.807) is 32.4 Å². The van der Waals surface area contributed by atoms with Gasteiger partial charge in [-0.05, 0) is 29.8 Å². The van der Waals surface area contributed by atoms with Crippen molar-refractivity contribution in [1.29, 1.82) is 0 Å². The maximum atomic E-state index is 10.4. The van der Waals surface area contributed by atoms with E-state index in [9.17, 15) is 5.11 Å². The molecule has 4 heteroatoms. The summed E-state index contributed by atoms with van der Waals surface area (Å²) in [6.45, 7) is 0. The van der Waals surface area contributed by atoms with Gasteiger partial charge in [0.1, 0.15) is 11.5 Å². The van der Waals surface area contributed by atoms with Gasteiger partial charge >= 0.3 is 0 Å². The Kier molecular flexibility index (Phi) is 4.88. The van der Waals surface area contributed by atoms with E-state index in [1.807, 2.05) is 24.3 Å². The molecule has 0 heterocycles. The van der Waals surface area contributed by atoms with E-state index in [2.05, 4.69) is 0 Å². The zero-order valence-electron chi connectivity index (χ0n) is 11.5. The highest BCUT2D eigenvalue weighted by atomic mass is 35.5. The van der Waals surface area contributed by atoms with E-state index in [1.165, 1.54) is 0 Å². The van der Waals surface area contributed by atoms with Crippen LogP contribution in [-0.4, -0.2) is 19.3 Å². The van der Waals surface area contributed by atoms with Crippen LogP contribution in [0.5, 0.6) is 11.5 Å². The van der Waals surface area contributed by atoms with Crippen LogP contribution in [0.25, 0.3) is 0 Å². The predicted molar refractivity (Wildman–Crippen MR) is 79.7 cm³/mol. The number of ether oxygens (including phenoxy) is 2. The summed E-state index contributed by atoms with van der Waals surface area (Å²) < 4.78 is 10.5. The number of hydrogen-bond acceptors (Lipinski definition) is 3. The molecular formula is C16H17ClO3. The summed E-state index contributed by atoms with van der Waals surface area (Å²) >= 11 is 6.12. The molecule has 2 aromatic rings. The first-order valence-electron chi connectivity index (χ1n) is 6.29. The summed E-state index contributed by atoms with van der Waals surface area (Å²) in [7, 11) is 3.17. The maximum absolute atomic E-state index is 10.4. The van der Waals surface area contributed by atoms with Crippen LogP contribution >= 0.6 is 11.6 Å². The average molecular weight is 293 g/mol. The van der Waals surface area contributed by atoms with Crippen molar-refractivity contribution in [2.24, 2.45) is 0 Å². The smallest absolute Gasteiger partial charge is 0.124 e. The monoisotopic (exact) mass is 292 g/mol. The summed E-state index contributed by atoms with van der Waals surface area (Å²) in [5.74, 6) is 1.31. The van der Waals surface area contributed by atoms with Crippen LogP contribution in [0.4, 0.5) is 0 Å². The van der Waals surface area contributed by atoms with Crippen LogP contribution < -0.4 is 9.47 Å². The molecule has 0 fully saturated rings. The molecule has 0 aliphatic carbocycles. The average Bonchev–Trinajstić information content (AvgIpc) is 2.48. The Labute approximate surface area is 123 Å². The second-order valence-corrected chi connectivity index (χ2v) is 4.83. The number of aliphatic hydroxyl groups is 1. The summed E-state index contributed by atoms with van der Waals surface area (Å²) in [5, 5.41) is 11.1. The molecule has 0 saturated heterocycles. The van der Waals surface area contributed by atoms with Crippen molar-refractivity contribution >= 4 is 11.6 Å². The second-order valence-electron chi connectivity index (χ2n) is 4.42. The Morgan fingerprint density at radius 1 is 1.10 bits per heavy atom. The Morgan fingerprint density at radius 2 is 1.85 bits per heavy atom. The van der Waals surface area contributed by atoms with Crippen molar-refractivity contribution in [3.8, 4) is 11.5 Å². The lowest BCUT2D eigenvalue weighted by molar-refractivity contribution is 0.173. The van der Waals surface area contributed by atoms with Crippen LogP contribution in [0, 0.1) is 0 Å². The largest absolute Gasteiger partial charge is 0.497 e. The summed E-state index contributed by atoms with van der Waals surface area (Å²) in [6.07, 6.45) is -0.289. The van der Waals surface area contributed by atoms with Crippen molar-refractivity contribution in [3.05, 3.63) is 58.6 Å². The lowest BCUT2D eigenvalue weighted by Crippen LogP contribution is -2.05. The van der Waals surface area contributed by atoms with Gasteiger partial charge in [-0.2, -0.15) is 0 Å². The first kappa shape index (κ1) is 14.7. The van der Waals surface area contributed by atoms with Gasteiger partial charge in [-0.1, -0.05) is 29.8 Å². The number of halogens is 1. The molecular weight excluding hydrogens is 276 g/mol. The Bertz CT molecular complexity index is 584. The molecule has 1 N–H and O–H groups in total. The number of methoxy groups -OCH3 is 2. The van der Waals surface area contributed by atoms with Crippen LogP contribution in [-0.2, 0) is 6.42 Å². The first-order chi connectivity index (χ1) is 9.65. The van der Waals surface area contributed by atoms with Crippen LogP contribution in [0.3, 0.4) is 0 Å². The van der Waals surface area contributed by atoms with E-state index in [0.29, 0.717) is 28.5 Å². The Hall–Kier alpha value is -1.71. The molecule has 0 radical (unpaired) electrons. The molecule has 0 saturated carbocycles. The minimum Gasteiger partial charge on any atom is -0.497 e. The predicted octanol–water partition coefficient (Wildman–Crippen LogP) is 3.63. The highest BCUT2D eigenvalue weighted by molar-refractivity contribution is 6.31. The van der Waals surface area contributed by atoms with E-state index in [4.69, 9.17) is 21.1 Å². The zero-order chi connectivity index (χ0) is 14.5. The van der Waals surface area contributed by atoms with Crippen LogP contribution in [0.15, 0.2) is 42.5 Å². The van der Waals surface area contributed by atoms with Crippen molar-refractivity contribution in [3.63, 3.8) is 0 Å². The fourth-order valence-corrected chi connectivity index (χ4v) is 2.29. The SMILES string of the molecule is COc1ccc(OC)c(C(O)Cc2ccccc2Cl)c1. The van der Waals surface area contributed by atoms with Gasteiger partial charge in [-0.15, -0.1) is 0 Å². The number of aliphatic hydroxyl groups excluding tert-OH is 1. The fourth-order valence-electron chi connectivity index (χ4n) is 2.08. The Morgan fingerprint density at radius 3 is 2.50 bits per heavy atom. The molecule has 2 rings (SSSR count). The van der Waals surface area contributed by atoms with E-state index < -0.39 is 6.10 Å². The molecule has 0 aliphatic heterocycles. The Balaban J connectivity index is 2.28. The normalized spacial score (nSPS) is 12.0. The third-order valence-electron chi connectivity index (χ3n) is 3.17. The lowest BCUT2D eigenvalue weighted by Gasteiger charge is -2.16. The third kappa shape index (κ3) is 3.24. The molecule has 2 aromatic carbocycles. The van der Waals surface area contributed by atoms with Crippen molar-refractivity contribution in [2.45, 2.75) is 12.5 Å². The lowest BCUT2D eigenvalue weighted by atomic mass is 10.0. The topological polar surface area (TPSA) is 38.7 Å². The minimum absolute atomic E-state index is 0.420. The molecule has 0 spiro atoms. The molecule has 0 amide bonds. The quantitative estimate of drug-likeness (QED) is 0.914. The first-order valence-corrected chi connectivity index (χ1v) is 6.67. The van der Waals surface area contributed by atoms with Gasteiger partial charge in [0.2, 0.25) is 0 Å². The van der Waals surface area contributed by atoms with Crippen molar-refractivity contribution < 1.29 is 14.6 Å². The third-order valence-corrected chi connectivity index (χ3v) is 3.54. The highest BCUT2D eigenvalue weighted by Crippen LogP contribution is 2.32. The molecule has 1 unspecified atom stereocenters. The van der Waals surface area contributed by atoms with E-state index in [0.717, 1.165) is 5.56 Å². The van der Waals surface area contributed by atoms with Gasteiger partial charge in [-0.25, -0.2) is 0 Å². The van der Waals surface area contributed by atoms with Gasteiger partial charge in [-0.3, -0.25) is 0 Å². The van der Waals surface area contributed by atoms with Gasteiger partial charge in [0, 0.05) is 17.0 Å². The molecule has 0 bridgehead atoms. The summed E-state index contributed by atoms with van der Waals surface area (Å²) in [4.78, 5) is 0. The van der Waals surface area contributed by atoms with Gasteiger partial charge in [0.05, 0.1) is 20.3 Å². The number of hydrogen-bond donors (Lipinski definition) is 1. The molecule has 3 nitrogen and oxygen atoms in total. The maximum Gasteiger partial charge on any atom is 0.124 e. The standard InChI is InChI=1S/C16H17ClO3/c1-19-12-7-8-16(20-2)13(10-12)15(18)9-11-5-3-4-6-14(11)17/h3-8,10,15,18H,9H2,1-2H3. The second kappa shape index (κ2) is 6.64. The van der Waals surface area contributed by atoms with Crippen molar-refractivity contribution in [2.75, 3.05) is 14.2 Å². The molecule has 106 valence electrons.